The highest BCUT2D eigenvalue weighted by Crippen LogP contribution is 2.23. The Bertz CT molecular complexity index is 802. The zero-order valence-electron chi connectivity index (χ0n) is 13.7. The van der Waals surface area contributed by atoms with Crippen LogP contribution in [0, 0.1) is 0 Å². The summed E-state index contributed by atoms with van der Waals surface area (Å²) in [4.78, 5) is 39.0. The third-order valence-corrected chi connectivity index (χ3v) is 4.26. The van der Waals surface area contributed by atoms with Gasteiger partial charge in [-0.1, -0.05) is 18.2 Å². The van der Waals surface area contributed by atoms with Crippen molar-refractivity contribution in [1.29, 1.82) is 0 Å². The minimum Gasteiger partial charge on any atom is -0.476 e. The first-order valence-electron chi connectivity index (χ1n) is 7.86. The number of nitrogens with zero attached hydrogens (tertiary/aromatic N) is 4. The average Bonchev–Trinajstić information content (AvgIpc) is 3.22. The van der Waals surface area contributed by atoms with E-state index < -0.39 is 12.0 Å². The number of carboxylic acids is 1. The molecule has 0 radical (unpaired) electrons. The molecule has 0 bridgehead atoms. The van der Waals surface area contributed by atoms with Crippen LogP contribution in [0.25, 0.3) is 0 Å². The molecule has 1 atom stereocenters. The SMILES string of the molecule is CN(C(=O)Cn1ccc(C(=O)O)n1)C1CCN(c2ccccc2)C1=O. The number of carboxylic acid groups (broad SMARTS) is 1. The lowest BCUT2D eigenvalue weighted by Crippen LogP contribution is -2.44. The maximum absolute atomic E-state index is 12.6. The Morgan fingerprint density at radius 3 is 2.64 bits per heavy atom. The second kappa shape index (κ2) is 6.76. The Morgan fingerprint density at radius 2 is 2.00 bits per heavy atom. The molecule has 0 aliphatic carbocycles. The number of anilines is 1. The number of rotatable bonds is 5. The number of hydrogen-bond donors (Lipinski definition) is 1. The van der Waals surface area contributed by atoms with Gasteiger partial charge in [0, 0.05) is 25.5 Å². The van der Waals surface area contributed by atoms with Crippen LogP contribution in [0.3, 0.4) is 0 Å². The number of aromatic carboxylic acids is 1. The van der Waals surface area contributed by atoms with Gasteiger partial charge < -0.3 is 14.9 Å². The van der Waals surface area contributed by atoms with Gasteiger partial charge in [-0.3, -0.25) is 14.3 Å². The van der Waals surface area contributed by atoms with E-state index in [0.717, 1.165) is 5.69 Å². The van der Waals surface area contributed by atoms with Crippen molar-refractivity contribution in [3.63, 3.8) is 0 Å². The Balaban J connectivity index is 1.66. The van der Waals surface area contributed by atoms with Gasteiger partial charge in [0.1, 0.15) is 12.6 Å². The van der Waals surface area contributed by atoms with Crippen molar-refractivity contribution in [1.82, 2.24) is 14.7 Å². The van der Waals surface area contributed by atoms with Crippen LogP contribution in [0.1, 0.15) is 16.9 Å². The van der Waals surface area contributed by atoms with Gasteiger partial charge in [-0.05, 0) is 24.6 Å². The van der Waals surface area contributed by atoms with Crippen molar-refractivity contribution in [2.75, 3.05) is 18.5 Å². The van der Waals surface area contributed by atoms with E-state index in [2.05, 4.69) is 5.10 Å². The lowest BCUT2D eigenvalue weighted by Gasteiger charge is -2.24. The number of hydrogen-bond acceptors (Lipinski definition) is 4. The van der Waals surface area contributed by atoms with Crippen LogP contribution in [0.4, 0.5) is 5.69 Å². The third kappa shape index (κ3) is 3.37. The highest BCUT2D eigenvalue weighted by Gasteiger charge is 2.37. The van der Waals surface area contributed by atoms with Crippen molar-refractivity contribution in [3.8, 4) is 0 Å². The van der Waals surface area contributed by atoms with Crippen LogP contribution in [-0.4, -0.2) is 57.2 Å². The molecule has 1 aromatic heterocycles. The summed E-state index contributed by atoms with van der Waals surface area (Å²) in [5.41, 5.74) is 0.691. The summed E-state index contributed by atoms with van der Waals surface area (Å²) >= 11 is 0. The molecule has 0 spiro atoms. The first-order chi connectivity index (χ1) is 12.0. The number of likely N-dealkylation sites (N-methyl/N-ethyl adjacent to an activating group) is 1. The number of carbonyl (C=O) groups is 3. The predicted octanol–water partition coefficient (Wildman–Crippen LogP) is 0.845. The van der Waals surface area contributed by atoms with Gasteiger partial charge in [0.25, 0.3) is 0 Å². The molecule has 130 valence electrons. The van der Waals surface area contributed by atoms with Crippen molar-refractivity contribution in [2.45, 2.75) is 19.0 Å². The van der Waals surface area contributed by atoms with Crippen LogP contribution in [-0.2, 0) is 16.1 Å². The molecule has 8 heteroatoms. The minimum absolute atomic E-state index is 0.112. The van der Waals surface area contributed by atoms with Crippen molar-refractivity contribution in [3.05, 3.63) is 48.3 Å². The molecule has 1 fully saturated rings. The Labute approximate surface area is 144 Å². The first-order valence-corrected chi connectivity index (χ1v) is 7.86. The van der Waals surface area contributed by atoms with Crippen LogP contribution in [0.15, 0.2) is 42.6 Å². The molecule has 8 nitrogen and oxygen atoms in total. The van der Waals surface area contributed by atoms with Crippen LogP contribution < -0.4 is 4.90 Å². The lowest BCUT2D eigenvalue weighted by molar-refractivity contribution is -0.137. The topological polar surface area (TPSA) is 95.7 Å². The smallest absolute Gasteiger partial charge is 0.356 e. The largest absolute Gasteiger partial charge is 0.476 e. The summed E-state index contributed by atoms with van der Waals surface area (Å²) in [5.74, 6) is -1.56. The predicted molar refractivity (Wildman–Crippen MR) is 89.2 cm³/mol. The fourth-order valence-corrected chi connectivity index (χ4v) is 2.88. The Kier molecular flexibility index (Phi) is 4.51. The average molecular weight is 342 g/mol. The van der Waals surface area contributed by atoms with E-state index in [1.54, 1.807) is 11.9 Å². The summed E-state index contributed by atoms with van der Waals surface area (Å²) in [6.45, 7) is 0.439. The van der Waals surface area contributed by atoms with Gasteiger partial charge in [0.15, 0.2) is 5.69 Å². The zero-order chi connectivity index (χ0) is 18.0. The molecule has 1 aliphatic heterocycles. The molecule has 2 amide bonds. The second-order valence-corrected chi connectivity index (χ2v) is 5.84. The molecule has 2 aromatic rings. The molecule has 1 unspecified atom stereocenters. The van der Waals surface area contributed by atoms with Crippen molar-refractivity contribution < 1.29 is 19.5 Å². The summed E-state index contributed by atoms with van der Waals surface area (Å²) in [5, 5.41) is 12.7. The molecule has 1 saturated heterocycles. The van der Waals surface area contributed by atoms with E-state index in [-0.39, 0.29) is 24.1 Å². The number of aromatic nitrogens is 2. The maximum atomic E-state index is 12.6. The van der Waals surface area contributed by atoms with Crippen LogP contribution >= 0.6 is 0 Å². The molecule has 1 N–H and O–H groups in total. The van der Waals surface area contributed by atoms with E-state index in [9.17, 15) is 14.4 Å². The van der Waals surface area contributed by atoms with Crippen LogP contribution in [0.5, 0.6) is 0 Å². The standard InChI is InChI=1S/C17H18N4O4/c1-19(15(22)11-20-9-7-13(18-20)17(24)25)14-8-10-21(16(14)23)12-5-3-2-4-6-12/h2-7,9,14H,8,10-11H2,1H3,(H,24,25). The van der Waals surface area contributed by atoms with E-state index in [0.29, 0.717) is 13.0 Å². The van der Waals surface area contributed by atoms with E-state index in [1.165, 1.54) is 21.8 Å². The van der Waals surface area contributed by atoms with E-state index >= 15 is 0 Å². The van der Waals surface area contributed by atoms with Crippen molar-refractivity contribution in [2.24, 2.45) is 0 Å². The van der Waals surface area contributed by atoms with Gasteiger partial charge in [0.05, 0.1) is 0 Å². The summed E-state index contributed by atoms with van der Waals surface area (Å²) in [6.07, 6.45) is 1.98. The number of benzene rings is 1. The molecule has 25 heavy (non-hydrogen) atoms. The molecule has 1 aromatic carbocycles. The van der Waals surface area contributed by atoms with Crippen LogP contribution in [0.2, 0.25) is 0 Å². The molecule has 2 heterocycles. The number of amides is 2. The van der Waals surface area contributed by atoms with Crippen molar-refractivity contribution >= 4 is 23.5 Å². The van der Waals surface area contributed by atoms with Gasteiger partial charge in [0.2, 0.25) is 11.8 Å². The lowest BCUT2D eigenvalue weighted by atomic mass is 10.2. The fourth-order valence-electron chi connectivity index (χ4n) is 2.88. The minimum atomic E-state index is -1.15. The highest BCUT2D eigenvalue weighted by atomic mass is 16.4. The van der Waals surface area contributed by atoms with E-state index in [1.807, 2.05) is 30.3 Å². The normalized spacial score (nSPS) is 16.9. The Hall–Kier alpha value is -3.16. The van der Waals surface area contributed by atoms with Gasteiger partial charge in [-0.15, -0.1) is 0 Å². The van der Waals surface area contributed by atoms with Gasteiger partial charge >= 0.3 is 5.97 Å². The first kappa shape index (κ1) is 16.7. The third-order valence-electron chi connectivity index (χ3n) is 4.26. The van der Waals surface area contributed by atoms with Gasteiger partial charge in [-0.2, -0.15) is 5.10 Å². The molecular formula is C17H18N4O4. The second-order valence-electron chi connectivity index (χ2n) is 5.84. The summed E-state index contributed by atoms with van der Waals surface area (Å²) < 4.78 is 1.26. The molecule has 1 aliphatic rings. The maximum Gasteiger partial charge on any atom is 0.356 e. The summed E-state index contributed by atoms with van der Waals surface area (Å²) in [7, 11) is 1.58. The number of carbonyl (C=O) groups excluding carboxylic acids is 2. The molecule has 0 saturated carbocycles. The highest BCUT2D eigenvalue weighted by molar-refractivity contribution is 6.01. The number of para-hydroxylation sites is 1. The fraction of sp³-hybridized carbons (Fsp3) is 0.294. The monoisotopic (exact) mass is 342 g/mol. The molecular weight excluding hydrogens is 324 g/mol. The molecule has 3 rings (SSSR count). The summed E-state index contributed by atoms with van der Waals surface area (Å²) in [6, 6.07) is 10.1. The zero-order valence-corrected chi connectivity index (χ0v) is 13.7. The Morgan fingerprint density at radius 1 is 1.28 bits per heavy atom. The quantitative estimate of drug-likeness (QED) is 0.869. The van der Waals surface area contributed by atoms with Gasteiger partial charge in [-0.25, -0.2) is 4.79 Å². The van der Waals surface area contributed by atoms with E-state index in [4.69, 9.17) is 5.11 Å².